The number of hydrogen-bond acceptors (Lipinski definition) is 3. The van der Waals surface area contributed by atoms with Crippen LogP contribution in [0.5, 0.6) is 0 Å². The number of fused-ring (bicyclic) bond motifs is 5. The van der Waals surface area contributed by atoms with Gasteiger partial charge in [-0.1, -0.05) is 38.3 Å². The fraction of sp³-hybridized carbons (Fsp3) is 0.750. The molecule has 0 heterocycles. The summed E-state index contributed by atoms with van der Waals surface area (Å²) in [5.41, 5.74) is 1.48. The minimum atomic E-state index is 0.000738. The number of allylic oxidation sites excluding steroid dienone is 4. The molecule has 0 aromatic rings. The quantitative estimate of drug-likeness (QED) is 0.464. The minimum absolute atomic E-state index is 0.000738. The summed E-state index contributed by atoms with van der Waals surface area (Å²) in [5.74, 6) is 2.82. The van der Waals surface area contributed by atoms with Crippen molar-refractivity contribution >= 4 is 11.8 Å². The first-order chi connectivity index (χ1) is 13.1. The van der Waals surface area contributed by atoms with Gasteiger partial charge in [-0.15, -0.1) is 0 Å². The van der Waals surface area contributed by atoms with Gasteiger partial charge in [0, 0.05) is 18.3 Å². The van der Waals surface area contributed by atoms with E-state index in [0.717, 1.165) is 32.1 Å². The van der Waals surface area contributed by atoms with Gasteiger partial charge in [0.1, 0.15) is 0 Å². The van der Waals surface area contributed by atoms with Crippen molar-refractivity contribution in [3.63, 3.8) is 0 Å². The van der Waals surface area contributed by atoms with Gasteiger partial charge in [0.2, 0.25) is 0 Å². The predicted octanol–water partition coefficient (Wildman–Crippen LogP) is 5.40. The lowest BCUT2D eigenvalue weighted by Gasteiger charge is -2.51. The first-order valence-electron chi connectivity index (χ1n) is 11.2. The van der Waals surface area contributed by atoms with Crippen LogP contribution in [0.4, 0.5) is 0 Å². The molecule has 0 aromatic carbocycles. The molecule has 5 atom stereocenters. The Hall–Kier alpha value is -1.38. The lowest BCUT2D eigenvalue weighted by atomic mass is 9.54. The van der Waals surface area contributed by atoms with Crippen molar-refractivity contribution in [3.05, 3.63) is 23.8 Å². The van der Waals surface area contributed by atoms with E-state index in [9.17, 15) is 9.59 Å². The summed E-state index contributed by atoms with van der Waals surface area (Å²) in [4.78, 5) is 24.0. The summed E-state index contributed by atoms with van der Waals surface area (Å²) in [6, 6.07) is 0. The van der Waals surface area contributed by atoms with Crippen molar-refractivity contribution in [2.75, 3.05) is 6.61 Å². The SMILES string of the molecule is CCCCCC(=O)OC[C@@]12CCC[C@H]1[C@@H]1C=CC3=CC(=O)CC[C@@H]3[C@H]1CC2. The summed E-state index contributed by atoms with van der Waals surface area (Å²) in [6.45, 7) is 2.79. The number of rotatable bonds is 6. The number of carbonyl (C=O) groups is 2. The van der Waals surface area contributed by atoms with Crippen molar-refractivity contribution in [2.45, 2.75) is 77.6 Å². The summed E-state index contributed by atoms with van der Waals surface area (Å²) >= 11 is 0. The molecule has 4 rings (SSSR count). The summed E-state index contributed by atoms with van der Waals surface area (Å²) in [7, 11) is 0. The molecule has 0 aromatic heterocycles. The maximum absolute atomic E-state index is 12.2. The Kier molecular flexibility index (Phi) is 5.57. The monoisotopic (exact) mass is 370 g/mol. The number of ketones is 1. The van der Waals surface area contributed by atoms with E-state index in [1.54, 1.807) is 0 Å². The largest absolute Gasteiger partial charge is 0.465 e. The zero-order chi connectivity index (χ0) is 18.9. The molecule has 0 radical (unpaired) electrons. The zero-order valence-corrected chi connectivity index (χ0v) is 16.8. The van der Waals surface area contributed by atoms with Crippen molar-refractivity contribution in [2.24, 2.45) is 29.1 Å². The van der Waals surface area contributed by atoms with Crippen LogP contribution in [0.1, 0.15) is 77.6 Å². The van der Waals surface area contributed by atoms with Gasteiger partial charge in [-0.3, -0.25) is 9.59 Å². The number of unbranched alkanes of at least 4 members (excludes halogenated alkanes) is 2. The van der Waals surface area contributed by atoms with Gasteiger partial charge in [-0.05, 0) is 73.8 Å². The van der Waals surface area contributed by atoms with Crippen LogP contribution in [-0.2, 0) is 14.3 Å². The van der Waals surface area contributed by atoms with Crippen LogP contribution in [0.2, 0.25) is 0 Å². The second kappa shape index (κ2) is 7.93. The van der Waals surface area contributed by atoms with E-state index in [1.165, 1.54) is 37.7 Å². The van der Waals surface area contributed by atoms with Gasteiger partial charge in [-0.2, -0.15) is 0 Å². The molecule has 0 bridgehead atoms. The predicted molar refractivity (Wildman–Crippen MR) is 106 cm³/mol. The molecular weight excluding hydrogens is 336 g/mol. The maximum Gasteiger partial charge on any atom is 0.305 e. The van der Waals surface area contributed by atoms with Gasteiger partial charge >= 0.3 is 5.97 Å². The first-order valence-corrected chi connectivity index (χ1v) is 11.2. The average molecular weight is 371 g/mol. The molecule has 0 saturated heterocycles. The van der Waals surface area contributed by atoms with E-state index in [-0.39, 0.29) is 11.4 Å². The van der Waals surface area contributed by atoms with Gasteiger partial charge in [0.05, 0.1) is 6.61 Å². The van der Waals surface area contributed by atoms with Gasteiger partial charge < -0.3 is 4.74 Å². The lowest BCUT2D eigenvalue weighted by Crippen LogP contribution is -2.46. The molecule has 4 aliphatic rings. The number of hydrogen-bond donors (Lipinski definition) is 0. The van der Waals surface area contributed by atoms with Crippen LogP contribution in [0.3, 0.4) is 0 Å². The molecule has 0 unspecified atom stereocenters. The molecule has 3 heteroatoms. The fourth-order valence-corrected chi connectivity index (χ4v) is 6.52. The average Bonchev–Trinajstić information content (AvgIpc) is 3.10. The minimum Gasteiger partial charge on any atom is -0.465 e. The van der Waals surface area contributed by atoms with E-state index in [2.05, 4.69) is 19.1 Å². The van der Waals surface area contributed by atoms with Crippen LogP contribution in [0.25, 0.3) is 0 Å². The summed E-state index contributed by atoms with van der Waals surface area (Å²) < 4.78 is 5.81. The van der Waals surface area contributed by atoms with Gasteiger partial charge in [0.25, 0.3) is 0 Å². The second-order valence-corrected chi connectivity index (χ2v) is 9.37. The van der Waals surface area contributed by atoms with Crippen molar-refractivity contribution < 1.29 is 14.3 Å². The molecule has 2 fully saturated rings. The third kappa shape index (κ3) is 3.67. The molecule has 148 valence electrons. The molecule has 2 saturated carbocycles. The van der Waals surface area contributed by atoms with Crippen molar-refractivity contribution in [1.82, 2.24) is 0 Å². The van der Waals surface area contributed by atoms with Crippen LogP contribution in [0.15, 0.2) is 23.8 Å². The number of ether oxygens (including phenoxy) is 1. The molecule has 0 spiro atoms. The normalized spacial score (nSPS) is 37.2. The highest BCUT2D eigenvalue weighted by Crippen LogP contribution is 2.60. The highest BCUT2D eigenvalue weighted by molar-refractivity contribution is 5.91. The van der Waals surface area contributed by atoms with E-state index in [4.69, 9.17) is 4.74 Å². The smallest absolute Gasteiger partial charge is 0.305 e. The lowest BCUT2D eigenvalue weighted by molar-refractivity contribution is -0.150. The fourth-order valence-electron chi connectivity index (χ4n) is 6.52. The Morgan fingerprint density at radius 1 is 1.22 bits per heavy atom. The Bertz CT molecular complexity index is 646. The number of esters is 1. The molecule has 27 heavy (non-hydrogen) atoms. The van der Waals surface area contributed by atoms with Crippen LogP contribution in [-0.4, -0.2) is 18.4 Å². The highest BCUT2D eigenvalue weighted by Gasteiger charge is 2.54. The van der Waals surface area contributed by atoms with E-state index < -0.39 is 0 Å². The van der Waals surface area contributed by atoms with E-state index in [0.29, 0.717) is 42.5 Å². The maximum atomic E-state index is 12.2. The Morgan fingerprint density at radius 2 is 2.11 bits per heavy atom. The van der Waals surface area contributed by atoms with Crippen LogP contribution >= 0.6 is 0 Å². The van der Waals surface area contributed by atoms with Gasteiger partial charge in [0.15, 0.2) is 5.78 Å². The summed E-state index contributed by atoms with van der Waals surface area (Å²) in [6.07, 6.45) is 18.2. The first kappa shape index (κ1) is 19.0. The molecule has 0 amide bonds. The van der Waals surface area contributed by atoms with Crippen LogP contribution < -0.4 is 0 Å². The zero-order valence-electron chi connectivity index (χ0n) is 16.8. The Morgan fingerprint density at radius 3 is 2.96 bits per heavy atom. The van der Waals surface area contributed by atoms with Crippen molar-refractivity contribution in [3.8, 4) is 0 Å². The second-order valence-electron chi connectivity index (χ2n) is 9.37. The molecule has 0 N–H and O–H groups in total. The van der Waals surface area contributed by atoms with Gasteiger partial charge in [-0.25, -0.2) is 0 Å². The van der Waals surface area contributed by atoms with Crippen LogP contribution in [0, 0.1) is 29.1 Å². The molecule has 0 aliphatic heterocycles. The molecular formula is C24H34O3. The van der Waals surface area contributed by atoms with E-state index >= 15 is 0 Å². The molecule has 3 nitrogen and oxygen atoms in total. The number of carbonyl (C=O) groups excluding carboxylic acids is 2. The third-order valence-corrected chi connectivity index (χ3v) is 7.90. The standard InChI is InChI=1S/C24H34O3/c1-2-3-4-7-23(26)27-16-24-13-5-6-22(24)21-10-8-17-15-18(25)9-11-19(17)20(21)12-14-24/h8,10,15,19-22H,2-7,9,11-14,16H2,1H3/t19-,20+,21+,22-,24-/m0/s1. The van der Waals surface area contributed by atoms with Crippen molar-refractivity contribution in [1.29, 1.82) is 0 Å². The highest BCUT2D eigenvalue weighted by atomic mass is 16.5. The van der Waals surface area contributed by atoms with E-state index in [1.807, 2.05) is 6.08 Å². The Labute approximate surface area is 163 Å². The Balaban J connectivity index is 1.44. The third-order valence-electron chi connectivity index (χ3n) is 7.90. The summed E-state index contributed by atoms with van der Waals surface area (Å²) in [5, 5.41) is 0. The molecule has 4 aliphatic carbocycles. The topological polar surface area (TPSA) is 43.4 Å².